The minimum Gasteiger partial charge on any atom is -0.383 e. The van der Waals surface area contributed by atoms with Crippen molar-refractivity contribution in [1.82, 2.24) is 19.6 Å². The SMILES string of the molecule is COC[C@@H]1C[C@H](n2cc(NC(=O)c3cccc(F)c3)cn2)CN1C1CCN(C(C)=O)CC1. The number of halogens is 1. The number of amides is 2. The molecule has 0 bridgehead atoms. The predicted octanol–water partition coefficient (Wildman–Crippen LogP) is 2.55. The Morgan fingerprint density at radius 2 is 2.03 bits per heavy atom. The molecule has 2 saturated heterocycles. The standard InChI is InChI=1S/C23H30FN5O3/c1-16(30)27-8-6-20(7-9-27)28-14-21(11-22(28)15-32-2)29-13-19(12-25-29)26-23(31)17-4-3-5-18(24)10-17/h3-5,10,12-13,20-22H,6-9,11,14-15H2,1-2H3,(H,26,31)/t21-,22-/m0/s1. The van der Waals surface area contributed by atoms with Crippen molar-refractivity contribution < 1.29 is 18.7 Å². The molecule has 2 fully saturated rings. The van der Waals surface area contributed by atoms with Crippen molar-refractivity contribution in [2.24, 2.45) is 0 Å². The molecule has 3 heterocycles. The largest absolute Gasteiger partial charge is 0.383 e. The topological polar surface area (TPSA) is 79.7 Å². The van der Waals surface area contributed by atoms with E-state index >= 15 is 0 Å². The molecule has 2 aliphatic rings. The van der Waals surface area contributed by atoms with Gasteiger partial charge in [0.05, 0.1) is 24.5 Å². The lowest BCUT2D eigenvalue weighted by molar-refractivity contribution is -0.130. The fourth-order valence-corrected chi connectivity index (χ4v) is 4.86. The van der Waals surface area contributed by atoms with Crippen LogP contribution >= 0.6 is 0 Å². The number of ether oxygens (including phenoxy) is 1. The zero-order valence-corrected chi connectivity index (χ0v) is 18.5. The molecule has 2 aromatic rings. The highest BCUT2D eigenvalue weighted by atomic mass is 19.1. The first-order valence-electron chi connectivity index (χ1n) is 11.1. The van der Waals surface area contributed by atoms with Gasteiger partial charge in [-0.25, -0.2) is 4.39 Å². The Hall–Kier alpha value is -2.78. The van der Waals surface area contributed by atoms with Gasteiger partial charge in [0.25, 0.3) is 5.91 Å². The Labute approximate surface area is 187 Å². The number of benzene rings is 1. The number of anilines is 1. The van der Waals surface area contributed by atoms with Crippen molar-refractivity contribution in [1.29, 1.82) is 0 Å². The van der Waals surface area contributed by atoms with E-state index in [2.05, 4.69) is 15.3 Å². The molecule has 0 radical (unpaired) electrons. The molecule has 172 valence electrons. The van der Waals surface area contributed by atoms with E-state index in [4.69, 9.17) is 4.74 Å². The average Bonchev–Trinajstić information content (AvgIpc) is 3.41. The maximum atomic E-state index is 13.4. The number of carbonyl (C=O) groups excluding carboxylic acids is 2. The van der Waals surface area contributed by atoms with Crippen LogP contribution in [0.5, 0.6) is 0 Å². The third kappa shape index (κ3) is 4.99. The van der Waals surface area contributed by atoms with Gasteiger partial charge in [-0.05, 0) is 37.5 Å². The molecule has 4 rings (SSSR count). The van der Waals surface area contributed by atoms with Crippen molar-refractivity contribution >= 4 is 17.5 Å². The van der Waals surface area contributed by atoms with Crippen molar-refractivity contribution in [2.45, 2.75) is 44.3 Å². The Balaban J connectivity index is 1.40. The van der Waals surface area contributed by atoms with Crippen molar-refractivity contribution in [3.8, 4) is 0 Å². The number of aromatic nitrogens is 2. The van der Waals surface area contributed by atoms with Gasteiger partial charge in [0.15, 0.2) is 0 Å². The lowest BCUT2D eigenvalue weighted by Gasteiger charge is -2.39. The summed E-state index contributed by atoms with van der Waals surface area (Å²) >= 11 is 0. The zero-order chi connectivity index (χ0) is 22.7. The number of nitrogens with zero attached hydrogens (tertiary/aromatic N) is 4. The van der Waals surface area contributed by atoms with Crippen LogP contribution in [0.4, 0.5) is 10.1 Å². The number of rotatable bonds is 6. The van der Waals surface area contributed by atoms with E-state index in [1.54, 1.807) is 26.3 Å². The number of piperidine rings is 1. The highest BCUT2D eigenvalue weighted by Crippen LogP contribution is 2.32. The van der Waals surface area contributed by atoms with Crippen molar-refractivity contribution in [3.05, 3.63) is 48.0 Å². The van der Waals surface area contributed by atoms with Crippen LogP contribution in [0.3, 0.4) is 0 Å². The van der Waals surface area contributed by atoms with E-state index in [-0.39, 0.29) is 29.5 Å². The quantitative estimate of drug-likeness (QED) is 0.742. The number of hydrogen-bond acceptors (Lipinski definition) is 5. The summed E-state index contributed by atoms with van der Waals surface area (Å²) in [5.74, 6) is -0.676. The second-order valence-electron chi connectivity index (χ2n) is 8.61. The maximum Gasteiger partial charge on any atom is 0.255 e. The second-order valence-corrected chi connectivity index (χ2v) is 8.61. The van der Waals surface area contributed by atoms with Gasteiger partial charge in [0.2, 0.25) is 5.91 Å². The van der Waals surface area contributed by atoms with Crippen LogP contribution in [-0.2, 0) is 9.53 Å². The summed E-state index contributed by atoms with van der Waals surface area (Å²) in [6.45, 7) is 4.70. The summed E-state index contributed by atoms with van der Waals surface area (Å²) in [7, 11) is 1.72. The molecule has 8 nitrogen and oxygen atoms in total. The first-order valence-corrected chi connectivity index (χ1v) is 11.1. The van der Waals surface area contributed by atoms with Crippen LogP contribution in [0.15, 0.2) is 36.7 Å². The summed E-state index contributed by atoms with van der Waals surface area (Å²) in [6, 6.07) is 6.47. The molecule has 2 atom stereocenters. The van der Waals surface area contributed by atoms with Gasteiger partial charge in [-0.3, -0.25) is 19.2 Å². The zero-order valence-electron chi connectivity index (χ0n) is 18.5. The molecule has 0 spiro atoms. The van der Waals surface area contributed by atoms with E-state index in [1.807, 2.05) is 15.8 Å². The predicted molar refractivity (Wildman–Crippen MR) is 118 cm³/mol. The molecule has 1 aromatic heterocycles. The lowest BCUT2D eigenvalue weighted by atomic mass is 10.0. The Bertz CT molecular complexity index is 957. The van der Waals surface area contributed by atoms with Gasteiger partial charge in [-0.1, -0.05) is 6.07 Å². The molecule has 1 N–H and O–H groups in total. The van der Waals surface area contributed by atoms with Crippen LogP contribution in [0.25, 0.3) is 0 Å². The van der Waals surface area contributed by atoms with Crippen LogP contribution in [0, 0.1) is 5.82 Å². The van der Waals surface area contributed by atoms with Gasteiger partial charge in [0, 0.05) is 57.5 Å². The van der Waals surface area contributed by atoms with Crippen LogP contribution in [-0.4, -0.2) is 76.8 Å². The highest BCUT2D eigenvalue weighted by Gasteiger charge is 2.38. The summed E-state index contributed by atoms with van der Waals surface area (Å²) < 4.78 is 20.8. The summed E-state index contributed by atoms with van der Waals surface area (Å²) in [4.78, 5) is 28.5. The third-order valence-corrected chi connectivity index (χ3v) is 6.49. The van der Waals surface area contributed by atoms with E-state index in [0.717, 1.165) is 38.9 Å². The minimum atomic E-state index is -0.447. The molecule has 2 amide bonds. The number of carbonyl (C=O) groups is 2. The Morgan fingerprint density at radius 1 is 1.25 bits per heavy atom. The molecule has 9 heteroatoms. The Kier molecular flexibility index (Phi) is 6.86. The molecular formula is C23H30FN5O3. The van der Waals surface area contributed by atoms with Crippen LogP contribution in [0.2, 0.25) is 0 Å². The van der Waals surface area contributed by atoms with Crippen molar-refractivity contribution in [2.75, 3.05) is 38.7 Å². The first kappa shape index (κ1) is 22.4. The minimum absolute atomic E-state index is 0.139. The number of nitrogens with one attached hydrogen (secondary N) is 1. The normalized spacial score (nSPS) is 22.3. The van der Waals surface area contributed by atoms with Crippen molar-refractivity contribution in [3.63, 3.8) is 0 Å². The van der Waals surface area contributed by atoms with Gasteiger partial charge < -0.3 is 15.0 Å². The first-order chi connectivity index (χ1) is 15.4. The fraction of sp³-hybridized carbons (Fsp3) is 0.522. The van der Waals surface area contributed by atoms with Gasteiger partial charge in [0.1, 0.15) is 5.82 Å². The summed E-state index contributed by atoms with van der Waals surface area (Å²) in [6.07, 6.45) is 6.27. The van der Waals surface area contributed by atoms with Gasteiger partial charge in [-0.2, -0.15) is 5.10 Å². The smallest absolute Gasteiger partial charge is 0.255 e. The molecule has 0 saturated carbocycles. The molecule has 0 unspecified atom stereocenters. The van der Waals surface area contributed by atoms with Gasteiger partial charge >= 0.3 is 0 Å². The van der Waals surface area contributed by atoms with E-state index in [0.29, 0.717) is 18.3 Å². The number of hydrogen-bond donors (Lipinski definition) is 1. The monoisotopic (exact) mass is 443 g/mol. The molecule has 0 aliphatic carbocycles. The van der Waals surface area contributed by atoms with E-state index in [1.165, 1.54) is 18.2 Å². The van der Waals surface area contributed by atoms with Gasteiger partial charge in [-0.15, -0.1) is 0 Å². The maximum absolute atomic E-state index is 13.4. The average molecular weight is 444 g/mol. The summed E-state index contributed by atoms with van der Waals surface area (Å²) in [5, 5.41) is 7.27. The van der Waals surface area contributed by atoms with E-state index in [9.17, 15) is 14.0 Å². The molecular weight excluding hydrogens is 413 g/mol. The third-order valence-electron chi connectivity index (χ3n) is 6.49. The molecule has 32 heavy (non-hydrogen) atoms. The Morgan fingerprint density at radius 3 is 2.72 bits per heavy atom. The van der Waals surface area contributed by atoms with Crippen LogP contribution in [0.1, 0.15) is 42.6 Å². The molecule has 2 aliphatic heterocycles. The summed E-state index contributed by atoms with van der Waals surface area (Å²) in [5.41, 5.74) is 0.845. The second kappa shape index (κ2) is 9.79. The lowest BCUT2D eigenvalue weighted by Crippen LogP contribution is -2.48. The molecule has 1 aromatic carbocycles. The van der Waals surface area contributed by atoms with E-state index < -0.39 is 5.82 Å². The highest BCUT2D eigenvalue weighted by molar-refractivity contribution is 6.04. The van der Waals surface area contributed by atoms with Crippen LogP contribution < -0.4 is 5.32 Å². The number of likely N-dealkylation sites (tertiary alicyclic amines) is 2. The fourth-order valence-electron chi connectivity index (χ4n) is 4.86. The number of methoxy groups -OCH3 is 1.